The van der Waals surface area contributed by atoms with Gasteiger partial charge >= 0.3 is 6.16 Å². The van der Waals surface area contributed by atoms with E-state index in [1.807, 2.05) is 11.9 Å². The van der Waals surface area contributed by atoms with E-state index in [1.165, 1.54) is 6.07 Å². The van der Waals surface area contributed by atoms with Crippen LogP contribution < -0.4 is 5.43 Å². The molecular weight excluding hydrogens is 474 g/mol. The van der Waals surface area contributed by atoms with Crippen LogP contribution in [0.5, 0.6) is 11.5 Å². The number of hydrogen-bond donors (Lipinski definition) is 2. The number of ether oxygens (including phenoxy) is 2. The van der Waals surface area contributed by atoms with Crippen LogP contribution in [0, 0.1) is 0 Å². The van der Waals surface area contributed by atoms with Crippen LogP contribution in [0.1, 0.15) is 38.7 Å². The van der Waals surface area contributed by atoms with Crippen LogP contribution >= 0.6 is 11.6 Å². The van der Waals surface area contributed by atoms with Crippen molar-refractivity contribution >= 4 is 28.7 Å². The van der Waals surface area contributed by atoms with Gasteiger partial charge in [-0.3, -0.25) is 4.79 Å². The molecule has 0 spiro atoms. The first kappa shape index (κ1) is 24.9. The summed E-state index contributed by atoms with van der Waals surface area (Å²) in [5.74, 6) is -0.997. The predicted octanol–water partition coefficient (Wildman–Crippen LogP) is 5.26. The minimum atomic E-state index is -0.830. The van der Waals surface area contributed by atoms with Gasteiger partial charge in [0.05, 0.1) is 5.02 Å². The number of carbonyl (C=O) groups is 1. The van der Waals surface area contributed by atoms with E-state index in [9.17, 15) is 19.8 Å². The number of phenolic OH excluding ortho intramolecular Hbond substituents is 2. The van der Waals surface area contributed by atoms with E-state index in [-0.39, 0.29) is 28.0 Å². The van der Waals surface area contributed by atoms with E-state index in [0.29, 0.717) is 30.1 Å². The summed E-state index contributed by atoms with van der Waals surface area (Å²) in [5, 5.41) is 21.7. The van der Waals surface area contributed by atoms with Crippen LogP contribution in [0.3, 0.4) is 0 Å². The minimum absolute atomic E-state index is 0.0252. The molecule has 4 rings (SSSR count). The average molecular weight is 502 g/mol. The summed E-state index contributed by atoms with van der Waals surface area (Å²) in [6, 6.07) is 9.27. The van der Waals surface area contributed by atoms with Crippen molar-refractivity contribution in [2.45, 2.75) is 44.8 Å². The van der Waals surface area contributed by atoms with Gasteiger partial charge in [-0.05, 0) is 52.9 Å². The Morgan fingerprint density at radius 2 is 1.89 bits per heavy atom. The molecule has 2 atom stereocenters. The summed E-state index contributed by atoms with van der Waals surface area (Å²) in [5.41, 5.74) is -0.427. The Balaban J connectivity index is 1.87. The van der Waals surface area contributed by atoms with Gasteiger partial charge in [-0.25, -0.2) is 4.79 Å². The van der Waals surface area contributed by atoms with Gasteiger partial charge in [0.1, 0.15) is 39.9 Å². The van der Waals surface area contributed by atoms with Crippen molar-refractivity contribution in [3.8, 4) is 22.8 Å². The van der Waals surface area contributed by atoms with E-state index < -0.39 is 35.0 Å². The maximum atomic E-state index is 13.1. The number of aromatic hydroxyl groups is 2. The first-order valence-corrected chi connectivity index (χ1v) is 11.7. The summed E-state index contributed by atoms with van der Waals surface area (Å²) in [6.07, 6.45) is -1.03. The van der Waals surface area contributed by atoms with Gasteiger partial charge < -0.3 is 29.0 Å². The molecule has 0 aliphatic carbocycles. The molecule has 186 valence electrons. The molecule has 2 heterocycles. The second-order valence-electron chi connectivity index (χ2n) is 9.77. The number of hydrogen-bond acceptors (Lipinski definition) is 8. The van der Waals surface area contributed by atoms with Crippen LogP contribution in [0.4, 0.5) is 4.79 Å². The molecule has 0 amide bonds. The fourth-order valence-electron chi connectivity index (χ4n) is 4.39. The van der Waals surface area contributed by atoms with Crippen LogP contribution in [0.15, 0.2) is 45.6 Å². The molecule has 2 aromatic carbocycles. The number of likely N-dealkylation sites (N-methyl/N-ethyl adjacent to an activating group) is 1. The fourth-order valence-corrected chi connectivity index (χ4v) is 4.62. The van der Waals surface area contributed by atoms with Crippen molar-refractivity contribution in [1.82, 2.24) is 4.90 Å². The van der Waals surface area contributed by atoms with Crippen molar-refractivity contribution in [1.29, 1.82) is 0 Å². The summed E-state index contributed by atoms with van der Waals surface area (Å²) >= 11 is 6.32. The molecule has 0 bridgehead atoms. The summed E-state index contributed by atoms with van der Waals surface area (Å²) in [7, 11) is 1.89. The zero-order chi connectivity index (χ0) is 25.5. The van der Waals surface area contributed by atoms with Crippen molar-refractivity contribution in [2.75, 3.05) is 20.1 Å². The number of rotatable bonds is 3. The lowest BCUT2D eigenvalue weighted by Gasteiger charge is -2.37. The molecule has 1 aliphatic rings. The maximum absolute atomic E-state index is 13.1. The third-order valence-electron chi connectivity index (χ3n) is 5.91. The topological polar surface area (TPSA) is 109 Å². The number of nitrogens with zero attached hydrogens (tertiary/aromatic N) is 1. The van der Waals surface area contributed by atoms with Gasteiger partial charge in [0, 0.05) is 35.7 Å². The van der Waals surface area contributed by atoms with Crippen LogP contribution in [0.2, 0.25) is 5.02 Å². The van der Waals surface area contributed by atoms with Crippen molar-refractivity contribution in [2.24, 2.45) is 0 Å². The number of carbonyl (C=O) groups excluding carboxylic acids is 1. The first-order chi connectivity index (χ1) is 16.4. The molecule has 3 aromatic rings. The molecule has 9 heteroatoms. The fraction of sp³-hybridized carbons (Fsp3) is 0.385. The largest absolute Gasteiger partial charge is 0.509 e. The van der Waals surface area contributed by atoms with E-state index in [1.54, 1.807) is 45.0 Å². The molecule has 0 saturated carbocycles. The molecule has 35 heavy (non-hydrogen) atoms. The Labute approximate surface area is 207 Å². The summed E-state index contributed by atoms with van der Waals surface area (Å²) in [4.78, 5) is 27.5. The summed E-state index contributed by atoms with van der Waals surface area (Å²) < 4.78 is 17.1. The van der Waals surface area contributed by atoms with E-state index in [0.717, 1.165) is 6.07 Å². The number of likely N-dealkylation sites (tertiary alicyclic amines) is 1. The van der Waals surface area contributed by atoms with E-state index in [4.69, 9.17) is 25.5 Å². The maximum Gasteiger partial charge on any atom is 0.509 e. The lowest BCUT2D eigenvalue weighted by Crippen LogP contribution is -2.44. The predicted molar refractivity (Wildman–Crippen MR) is 132 cm³/mol. The highest BCUT2D eigenvalue weighted by Crippen LogP contribution is 2.43. The van der Waals surface area contributed by atoms with E-state index in [2.05, 4.69) is 0 Å². The molecule has 1 aromatic heterocycles. The Morgan fingerprint density at radius 1 is 1.17 bits per heavy atom. The SMILES string of the molecule is CN1CC[C@H](c2c(O)cc(O)c3c(=O)cc(-c4ccccc4Cl)oc23)[C@H](OC(=O)OC(C)(C)C)C1. The second kappa shape index (κ2) is 9.43. The van der Waals surface area contributed by atoms with Gasteiger partial charge in [-0.1, -0.05) is 23.7 Å². The number of benzene rings is 2. The van der Waals surface area contributed by atoms with Gasteiger partial charge in [-0.15, -0.1) is 0 Å². The minimum Gasteiger partial charge on any atom is -0.507 e. The molecule has 8 nitrogen and oxygen atoms in total. The smallest absolute Gasteiger partial charge is 0.507 e. The van der Waals surface area contributed by atoms with Crippen molar-refractivity contribution in [3.05, 3.63) is 57.2 Å². The third-order valence-corrected chi connectivity index (χ3v) is 6.24. The molecule has 2 N–H and O–H groups in total. The second-order valence-corrected chi connectivity index (χ2v) is 10.2. The van der Waals surface area contributed by atoms with E-state index >= 15 is 0 Å². The number of fused-ring (bicyclic) bond motifs is 1. The Kier molecular flexibility index (Phi) is 6.71. The number of phenols is 2. The van der Waals surface area contributed by atoms with Crippen molar-refractivity contribution < 1.29 is 28.9 Å². The Morgan fingerprint density at radius 3 is 2.57 bits per heavy atom. The Hall–Kier alpha value is -3.23. The molecule has 0 radical (unpaired) electrons. The molecule has 0 unspecified atom stereocenters. The Bertz CT molecular complexity index is 1330. The zero-order valence-electron chi connectivity index (χ0n) is 20.0. The molecule has 1 aliphatic heterocycles. The van der Waals surface area contributed by atoms with Crippen LogP contribution in [-0.2, 0) is 9.47 Å². The van der Waals surface area contributed by atoms with Gasteiger partial charge in [0.25, 0.3) is 0 Å². The lowest BCUT2D eigenvalue weighted by molar-refractivity contribution is -0.0460. The molecular formula is C26H28ClNO7. The monoisotopic (exact) mass is 501 g/mol. The first-order valence-electron chi connectivity index (χ1n) is 11.3. The summed E-state index contributed by atoms with van der Waals surface area (Å²) in [6.45, 7) is 6.24. The van der Waals surface area contributed by atoms with Gasteiger partial charge in [0.15, 0.2) is 5.43 Å². The lowest BCUT2D eigenvalue weighted by atomic mass is 9.85. The standard InChI is InChI=1S/C26H28ClNO7/c1-26(2,3)35-25(32)34-21-13-28(4)10-9-15(21)22-17(29)11-18(30)23-19(31)12-20(33-24(22)23)14-7-5-6-8-16(14)27/h5-8,11-12,15,21,29-30H,9-10,13H2,1-4H3/t15-,21+/m0/s1. The highest BCUT2D eigenvalue weighted by Gasteiger charge is 2.37. The van der Waals surface area contributed by atoms with Crippen molar-refractivity contribution in [3.63, 3.8) is 0 Å². The highest BCUT2D eigenvalue weighted by atomic mass is 35.5. The normalized spacial score (nSPS) is 19.0. The average Bonchev–Trinajstić information content (AvgIpc) is 2.73. The van der Waals surface area contributed by atoms with Crippen LogP contribution in [-0.4, -0.2) is 53.1 Å². The highest BCUT2D eigenvalue weighted by molar-refractivity contribution is 6.33. The molecule has 1 fully saturated rings. The molecule has 1 saturated heterocycles. The van der Waals surface area contributed by atoms with Crippen LogP contribution in [0.25, 0.3) is 22.3 Å². The van der Waals surface area contributed by atoms with Gasteiger partial charge in [-0.2, -0.15) is 0 Å². The number of halogens is 1. The zero-order valence-corrected chi connectivity index (χ0v) is 20.8. The van der Waals surface area contributed by atoms with Gasteiger partial charge in [0.2, 0.25) is 0 Å². The number of piperidine rings is 1. The third kappa shape index (κ3) is 5.23. The quantitative estimate of drug-likeness (QED) is 0.467.